The van der Waals surface area contributed by atoms with Gasteiger partial charge in [-0.2, -0.15) is 4.39 Å². The van der Waals surface area contributed by atoms with Gasteiger partial charge in [0.25, 0.3) is 0 Å². The third kappa shape index (κ3) is 1.49. The van der Waals surface area contributed by atoms with Crippen molar-refractivity contribution in [1.29, 1.82) is 0 Å². The van der Waals surface area contributed by atoms with Crippen molar-refractivity contribution in [2.45, 2.75) is 18.3 Å². The van der Waals surface area contributed by atoms with Gasteiger partial charge < -0.3 is 10.5 Å². The first-order chi connectivity index (χ1) is 7.14. The van der Waals surface area contributed by atoms with Crippen LogP contribution in [-0.4, -0.2) is 13.7 Å². The molecule has 82 valence electrons. The van der Waals surface area contributed by atoms with Crippen molar-refractivity contribution in [2.24, 2.45) is 5.73 Å². The third-order valence-corrected chi connectivity index (χ3v) is 3.07. The molecular weight excluding hydrogens is 200 g/mol. The second-order valence-electron chi connectivity index (χ2n) is 3.93. The van der Waals surface area contributed by atoms with Gasteiger partial charge in [0, 0.05) is 17.5 Å². The number of halogens is 2. The second-order valence-corrected chi connectivity index (χ2v) is 3.93. The van der Waals surface area contributed by atoms with Gasteiger partial charge in [0.05, 0.1) is 7.11 Å². The maximum Gasteiger partial charge on any atom is 0.200 e. The van der Waals surface area contributed by atoms with Crippen LogP contribution in [-0.2, 0) is 5.41 Å². The lowest BCUT2D eigenvalue weighted by molar-refractivity contribution is 0.362. The highest BCUT2D eigenvalue weighted by Crippen LogP contribution is 2.51. The molecule has 2 rings (SSSR count). The first-order valence-corrected chi connectivity index (χ1v) is 4.87. The van der Waals surface area contributed by atoms with Gasteiger partial charge >= 0.3 is 0 Å². The molecular formula is C11H13F2NO. The number of rotatable bonds is 3. The van der Waals surface area contributed by atoms with Crippen LogP contribution in [0.25, 0.3) is 0 Å². The highest BCUT2D eigenvalue weighted by Gasteiger charge is 2.45. The first kappa shape index (κ1) is 10.4. The van der Waals surface area contributed by atoms with Gasteiger partial charge in [-0.25, -0.2) is 4.39 Å². The third-order valence-electron chi connectivity index (χ3n) is 3.07. The summed E-state index contributed by atoms with van der Waals surface area (Å²) < 4.78 is 31.3. The van der Waals surface area contributed by atoms with Gasteiger partial charge in [0.2, 0.25) is 5.82 Å². The molecule has 0 bridgehead atoms. The van der Waals surface area contributed by atoms with Crippen molar-refractivity contribution in [3.8, 4) is 5.75 Å². The summed E-state index contributed by atoms with van der Waals surface area (Å²) in [7, 11) is 1.34. The minimum atomic E-state index is -0.922. The Morgan fingerprint density at radius 1 is 1.40 bits per heavy atom. The Morgan fingerprint density at radius 3 is 2.53 bits per heavy atom. The molecule has 1 aliphatic carbocycles. The van der Waals surface area contributed by atoms with Gasteiger partial charge in [0.1, 0.15) is 0 Å². The van der Waals surface area contributed by atoms with Gasteiger partial charge in [-0.3, -0.25) is 0 Å². The van der Waals surface area contributed by atoms with E-state index in [1.165, 1.54) is 7.11 Å². The summed E-state index contributed by atoms with van der Waals surface area (Å²) in [6.07, 6.45) is 1.82. The Labute approximate surface area is 87.0 Å². The normalized spacial score (nSPS) is 17.6. The van der Waals surface area contributed by atoms with Crippen LogP contribution in [0.4, 0.5) is 8.78 Å². The summed E-state index contributed by atoms with van der Waals surface area (Å²) in [5, 5.41) is 0. The Kier molecular flexibility index (Phi) is 2.38. The molecule has 0 atom stereocenters. The summed E-state index contributed by atoms with van der Waals surface area (Å²) in [5.41, 5.74) is 6.13. The predicted octanol–water partition coefficient (Wildman–Crippen LogP) is 1.96. The van der Waals surface area contributed by atoms with E-state index in [1.54, 1.807) is 6.07 Å². The Balaban J connectivity index is 2.52. The highest BCUT2D eigenvalue weighted by molar-refractivity contribution is 5.45. The van der Waals surface area contributed by atoms with Crippen LogP contribution < -0.4 is 10.5 Å². The molecule has 2 nitrogen and oxygen atoms in total. The summed E-state index contributed by atoms with van der Waals surface area (Å²) in [5.74, 6) is -1.81. The zero-order chi connectivity index (χ0) is 11.1. The number of hydrogen-bond donors (Lipinski definition) is 1. The number of ether oxygens (including phenoxy) is 1. The molecule has 0 unspecified atom stereocenters. The van der Waals surface area contributed by atoms with Crippen molar-refractivity contribution < 1.29 is 13.5 Å². The summed E-state index contributed by atoms with van der Waals surface area (Å²) in [6.45, 7) is 0.439. The van der Waals surface area contributed by atoms with Crippen LogP contribution in [0.15, 0.2) is 12.1 Å². The standard InChI is InChI=1S/C11H13F2NO/c1-15-10-7(11(6-14)4-5-11)2-3-8(12)9(10)13/h2-3H,4-6,14H2,1H3. The van der Waals surface area contributed by atoms with Crippen LogP contribution in [0.1, 0.15) is 18.4 Å². The summed E-state index contributed by atoms with van der Waals surface area (Å²) >= 11 is 0. The fourth-order valence-corrected chi connectivity index (χ4v) is 1.88. The predicted molar refractivity (Wildman–Crippen MR) is 52.9 cm³/mol. The fraction of sp³-hybridized carbons (Fsp3) is 0.455. The minimum Gasteiger partial charge on any atom is -0.493 e. The van der Waals surface area contributed by atoms with E-state index < -0.39 is 11.6 Å². The molecule has 1 aliphatic rings. The van der Waals surface area contributed by atoms with Gasteiger partial charge in [-0.05, 0) is 18.9 Å². The molecule has 0 aromatic heterocycles. The van der Waals surface area contributed by atoms with Gasteiger partial charge in [-0.15, -0.1) is 0 Å². The van der Waals surface area contributed by atoms with Crippen LogP contribution in [0, 0.1) is 11.6 Å². The van der Waals surface area contributed by atoms with E-state index >= 15 is 0 Å². The molecule has 1 fully saturated rings. The molecule has 4 heteroatoms. The zero-order valence-corrected chi connectivity index (χ0v) is 8.52. The average molecular weight is 213 g/mol. The lowest BCUT2D eigenvalue weighted by Gasteiger charge is -2.17. The van der Waals surface area contributed by atoms with E-state index in [1.807, 2.05) is 0 Å². The molecule has 0 spiro atoms. The van der Waals surface area contributed by atoms with Crippen molar-refractivity contribution in [3.05, 3.63) is 29.3 Å². The lowest BCUT2D eigenvalue weighted by Crippen LogP contribution is -2.21. The minimum absolute atomic E-state index is 0.00190. The molecule has 0 amide bonds. The number of methoxy groups -OCH3 is 1. The van der Waals surface area contributed by atoms with E-state index in [4.69, 9.17) is 10.5 Å². The van der Waals surface area contributed by atoms with E-state index in [0.717, 1.165) is 18.9 Å². The van der Waals surface area contributed by atoms with Gasteiger partial charge in [-0.1, -0.05) is 6.07 Å². The van der Waals surface area contributed by atoms with E-state index in [-0.39, 0.29) is 11.2 Å². The molecule has 1 aromatic carbocycles. The quantitative estimate of drug-likeness (QED) is 0.833. The number of benzene rings is 1. The van der Waals surface area contributed by atoms with Crippen molar-refractivity contribution >= 4 is 0 Å². The zero-order valence-electron chi connectivity index (χ0n) is 8.52. The first-order valence-electron chi connectivity index (χ1n) is 4.87. The number of nitrogens with two attached hydrogens (primary N) is 1. The van der Waals surface area contributed by atoms with Crippen LogP contribution >= 0.6 is 0 Å². The van der Waals surface area contributed by atoms with E-state index in [9.17, 15) is 8.78 Å². The molecule has 1 aromatic rings. The average Bonchev–Trinajstić information content (AvgIpc) is 3.02. The molecule has 0 saturated heterocycles. The van der Waals surface area contributed by atoms with Gasteiger partial charge in [0.15, 0.2) is 11.6 Å². The molecule has 1 saturated carbocycles. The Hall–Kier alpha value is -1.16. The largest absolute Gasteiger partial charge is 0.493 e. The Morgan fingerprint density at radius 2 is 2.07 bits per heavy atom. The van der Waals surface area contributed by atoms with Crippen LogP contribution in [0.2, 0.25) is 0 Å². The molecule has 0 aliphatic heterocycles. The van der Waals surface area contributed by atoms with Crippen molar-refractivity contribution in [3.63, 3.8) is 0 Å². The summed E-state index contributed by atoms with van der Waals surface area (Å²) in [4.78, 5) is 0. The van der Waals surface area contributed by atoms with E-state index in [2.05, 4.69) is 0 Å². The summed E-state index contributed by atoms with van der Waals surface area (Å²) in [6, 6.07) is 2.69. The fourth-order valence-electron chi connectivity index (χ4n) is 1.88. The van der Waals surface area contributed by atoms with Crippen molar-refractivity contribution in [1.82, 2.24) is 0 Å². The van der Waals surface area contributed by atoms with E-state index in [0.29, 0.717) is 12.1 Å². The van der Waals surface area contributed by atoms with Crippen LogP contribution in [0.5, 0.6) is 5.75 Å². The maximum atomic E-state index is 13.4. The number of hydrogen-bond acceptors (Lipinski definition) is 2. The molecule has 0 radical (unpaired) electrons. The Bertz CT molecular complexity index is 388. The van der Waals surface area contributed by atoms with Crippen LogP contribution in [0.3, 0.4) is 0 Å². The molecule has 15 heavy (non-hydrogen) atoms. The monoisotopic (exact) mass is 213 g/mol. The SMILES string of the molecule is COc1c(C2(CN)CC2)ccc(F)c1F. The molecule has 2 N–H and O–H groups in total. The smallest absolute Gasteiger partial charge is 0.200 e. The highest BCUT2D eigenvalue weighted by atomic mass is 19.2. The van der Waals surface area contributed by atoms with Crippen molar-refractivity contribution in [2.75, 3.05) is 13.7 Å². The topological polar surface area (TPSA) is 35.2 Å². The maximum absolute atomic E-state index is 13.4. The molecule has 0 heterocycles. The second kappa shape index (κ2) is 3.45. The lowest BCUT2D eigenvalue weighted by atomic mass is 9.95.